The zero-order chi connectivity index (χ0) is 14.4. The lowest BCUT2D eigenvalue weighted by atomic mass is 9.98. The van der Waals surface area contributed by atoms with Crippen molar-refractivity contribution in [1.82, 2.24) is 15.3 Å². The quantitative estimate of drug-likeness (QED) is 0.811. The zero-order valence-electron chi connectivity index (χ0n) is 13.2. The lowest BCUT2D eigenvalue weighted by Gasteiger charge is -2.34. The summed E-state index contributed by atoms with van der Waals surface area (Å²) in [5.41, 5.74) is 1.15. The van der Waals surface area contributed by atoms with Gasteiger partial charge in [-0.1, -0.05) is 13.8 Å². The van der Waals surface area contributed by atoms with Crippen LogP contribution in [-0.4, -0.2) is 36.1 Å². The van der Waals surface area contributed by atoms with Crippen LogP contribution in [0.3, 0.4) is 0 Å². The van der Waals surface area contributed by atoms with Gasteiger partial charge in [0.2, 0.25) is 0 Å². The maximum Gasteiger partial charge on any atom is 0.132 e. The number of aryl methyl sites for hydroxylation is 2. The average molecular weight is 276 g/mol. The predicted octanol–water partition coefficient (Wildman–Crippen LogP) is 2.56. The maximum absolute atomic E-state index is 4.63. The smallest absolute Gasteiger partial charge is 0.132 e. The summed E-state index contributed by atoms with van der Waals surface area (Å²) >= 11 is 0. The highest BCUT2D eigenvalue weighted by Gasteiger charge is 2.21. The standard InChI is InChI=1S/C16H28N4/c1-4-8-17-11-14-7-6-9-20(12-14)16-10-15(5-2)18-13(3)19-16/h10,14,17H,4-9,11-12H2,1-3H3. The molecule has 1 fully saturated rings. The van der Waals surface area contributed by atoms with Crippen molar-refractivity contribution in [2.45, 2.75) is 46.5 Å². The van der Waals surface area contributed by atoms with E-state index in [2.05, 4.69) is 40.1 Å². The Bertz CT molecular complexity index is 419. The molecule has 1 unspecified atom stereocenters. The van der Waals surface area contributed by atoms with Crippen LogP contribution in [0.25, 0.3) is 0 Å². The summed E-state index contributed by atoms with van der Waals surface area (Å²) in [4.78, 5) is 11.5. The van der Waals surface area contributed by atoms with Crippen molar-refractivity contribution in [1.29, 1.82) is 0 Å². The first-order valence-corrected chi connectivity index (χ1v) is 8.03. The van der Waals surface area contributed by atoms with Gasteiger partial charge in [-0.25, -0.2) is 9.97 Å². The lowest BCUT2D eigenvalue weighted by Crippen LogP contribution is -2.40. The third kappa shape index (κ3) is 4.17. The van der Waals surface area contributed by atoms with E-state index in [0.717, 1.165) is 55.9 Å². The van der Waals surface area contributed by atoms with Gasteiger partial charge in [0.15, 0.2) is 0 Å². The molecule has 1 N–H and O–H groups in total. The van der Waals surface area contributed by atoms with Crippen LogP contribution in [0.2, 0.25) is 0 Å². The molecule has 1 aromatic heterocycles. The number of hydrogen-bond acceptors (Lipinski definition) is 4. The van der Waals surface area contributed by atoms with Crippen LogP contribution >= 0.6 is 0 Å². The van der Waals surface area contributed by atoms with Crippen molar-refractivity contribution in [3.8, 4) is 0 Å². The molecule has 0 aromatic carbocycles. The minimum Gasteiger partial charge on any atom is -0.356 e. The molecule has 0 amide bonds. The molecule has 0 spiro atoms. The van der Waals surface area contributed by atoms with E-state index in [0.29, 0.717) is 0 Å². The van der Waals surface area contributed by atoms with Crippen molar-refractivity contribution >= 4 is 5.82 Å². The van der Waals surface area contributed by atoms with Crippen molar-refractivity contribution in [3.05, 3.63) is 17.6 Å². The van der Waals surface area contributed by atoms with Gasteiger partial charge in [-0.15, -0.1) is 0 Å². The van der Waals surface area contributed by atoms with Gasteiger partial charge >= 0.3 is 0 Å². The van der Waals surface area contributed by atoms with Crippen LogP contribution in [0.15, 0.2) is 6.07 Å². The molecule has 1 aliphatic rings. The molecule has 0 aliphatic carbocycles. The van der Waals surface area contributed by atoms with E-state index in [1.165, 1.54) is 19.3 Å². The molecule has 2 rings (SSSR count). The predicted molar refractivity (Wildman–Crippen MR) is 84.2 cm³/mol. The number of piperidine rings is 1. The van der Waals surface area contributed by atoms with E-state index < -0.39 is 0 Å². The second-order valence-electron chi connectivity index (χ2n) is 5.78. The number of hydrogen-bond donors (Lipinski definition) is 1. The van der Waals surface area contributed by atoms with Crippen LogP contribution in [0.4, 0.5) is 5.82 Å². The monoisotopic (exact) mass is 276 g/mol. The molecule has 1 atom stereocenters. The maximum atomic E-state index is 4.63. The van der Waals surface area contributed by atoms with Crippen LogP contribution in [-0.2, 0) is 6.42 Å². The summed E-state index contributed by atoms with van der Waals surface area (Å²) in [5.74, 6) is 2.76. The Balaban J connectivity index is 1.99. The Hall–Kier alpha value is -1.16. The molecule has 1 aliphatic heterocycles. The second kappa shape index (κ2) is 7.58. The Labute approximate surface area is 123 Å². The first-order valence-electron chi connectivity index (χ1n) is 8.03. The topological polar surface area (TPSA) is 41.0 Å². The van der Waals surface area contributed by atoms with E-state index in [4.69, 9.17) is 0 Å². The third-order valence-corrected chi connectivity index (χ3v) is 3.94. The van der Waals surface area contributed by atoms with Crippen molar-refractivity contribution in [3.63, 3.8) is 0 Å². The highest BCUT2D eigenvalue weighted by atomic mass is 15.2. The molecule has 0 radical (unpaired) electrons. The SMILES string of the molecule is CCCNCC1CCCN(c2cc(CC)nc(C)n2)C1. The zero-order valence-corrected chi connectivity index (χ0v) is 13.2. The Morgan fingerprint density at radius 1 is 1.35 bits per heavy atom. The summed E-state index contributed by atoms with van der Waals surface area (Å²) in [6, 6.07) is 2.16. The number of aromatic nitrogens is 2. The van der Waals surface area contributed by atoms with Crippen LogP contribution < -0.4 is 10.2 Å². The molecular formula is C16H28N4. The summed E-state index contributed by atoms with van der Waals surface area (Å²) in [7, 11) is 0. The lowest BCUT2D eigenvalue weighted by molar-refractivity contribution is 0.391. The van der Waals surface area contributed by atoms with Gasteiger partial charge in [0, 0.05) is 24.8 Å². The number of nitrogens with zero attached hydrogens (tertiary/aromatic N) is 3. The fourth-order valence-corrected chi connectivity index (χ4v) is 2.88. The Morgan fingerprint density at radius 3 is 2.95 bits per heavy atom. The minimum atomic E-state index is 0.746. The molecule has 1 saturated heterocycles. The van der Waals surface area contributed by atoms with Gasteiger partial charge < -0.3 is 10.2 Å². The van der Waals surface area contributed by atoms with Gasteiger partial charge in [-0.2, -0.15) is 0 Å². The fraction of sp³-hybridized carbons (Fsp3) is 0.750. The normalized spacial score (nSPS) is 19.4. The van der Waals surface area contributed by atoms with Gasteiger partial charge in [0.1, 0.15) is 11.6 Å². The first kappa shape index (κ1) is 15.2. The van der Waals surface area contributed by atoms with Crippen LogP contribution in [0.1, 0.15) is 44.6 Å². The Kier molecular flexibility index (Phi) is 5.77. The highest BCUT2D eigenvalue weighted by molar-refractivity contribution is 5.40. The summed E-state index contributed by atoms with van der Waals surface area (Å²) in [5, 5.41) is 3.55. The molecule has 4 nitrogen and oxygen atoms in total. The third-order valence-electron chi connectivity index (χ3n) is 3.94. The van der Waals surface area contributed by atoms with Gasteiger partial charge in [0.25, 0.3) is 0 Å². The number of rotatable bonds is 6. The molecule has 20 heavy (non-hydrogen) atoms. The molecule has 2 heterocycles. The van der Waals surface area contributed by atoms with E-state index in [-0.39, 0.29) is 0 Å². The van der Waals surface area contributed by atoms with Gasteiger partial charge in [-0.3, -0.25) is 0 Å². The van der Waals surface area contributed by atoms with E-state index in [9.17, 15) is 0 Å². The van der Waals surface area contributed by atoms with E-state index >= 15 is 0 Å². The van der Waals surface area contributed by atoms with Crippen LogP contribution in [0.5, 0.6) is 0 Å². The minimum absolute atomic E-state index is 0.746. The fourth-order valence-electron chi connectivity index (χ4n) is 2.88. The summed E-state index contributed by atoms with van der Waals surface area (Å²) < 4.78 is 0. The van der Waals surface area contributed by atoms with E-state index in [1.807, 2.05) is 6.92 Å². The van der Waals surface area contributed by atoms with Crippen molar-refractivity contribution in [2.24, 2.45) is 5.92 Å². The molecule has 0 bridgehead atoms. The van der Waals surface area contributed by atoms with Crippen molar-refractivity contribution in [2.75, 3.05) is 31.1 Å². The van der Waals surface area contributed by atoms with Gasteiger partial charge in [0.05, 0.1) is 0 Å². The number of nitrogens with one attached hydrogen (secondary N) is 1. The van der Waals surface area contributed by atoms with Gasteiger partial charge in [-0.05, 0) is 51.6 Å². The largest absolute Gasteiger partial charge is 0.356 e. The Morgan fingerprint density at radius 2 is 2.20 bits per heavy atom. The second-order valence-corrected chi connectivity index (χ2v) is 5.78. The first-order chi connectivity index (χ1) is 9.72. The summed E-state index contributed by atoms with van der Waals surface area (Å²) in [6.07, 6.45) is 4.79. The molecule has 0 saturated carbocycles. The molecular weight excluding hydrogens is 248 g/mol. The molecule has 112 valence electrons. The highest BCUT2D eigenvalue weighted by Crippen LogP contribution is 2.22. The summed E-state index contributed by atoms with van der Waals surface area (Å²) in [6.45, 7) is 10.9. The molecule has 1 aromatic rings. The van der Waals surface area contributed by atoms with Crippen LogP contribution in [0, 0.1) is 12.8 Å². The van der Waals surface area contributed by atoms with E-state index in [1.54, 1.807) is 0 Å². The molecule has 4 heteroatoms. The number of anilines is 1. The average Bonchev–Trinajstić information content (AvgIpc) is 2.47. The van der Waals surface area contributed by atoms with Crippen molar-refractivity contribution < 1.29 is 0 Å².